The van der Waals surface area contributed by atoms with Crippen LogP contribution in [-0.4, -0.2) is 28.4 Å². The SMILES string of the molecule is CC(C)S(=O)(=O)Nc1ccc2cncc(-c3ccc(-c4cnn(C)c4)cc3)c2c1. The number of hydrogen-bond acceptors (Lipinski definition) is 4. The molecular weight excluding hydrogens is 384 g/mol. The lowest BCUT2D eigenvalue weighted by atomic mass is 9.98. The van der Waals surface area contributed by atoms with Gasteiger partial charge in [0.1, 0.15) is 0 Å². The van der Waals surface area contributed by atoms with Gasteiger partial charge >= 0.3 is 0 Å². The van der Waals surface area contributed by atoms with E-state index in [1.807, 2.05) is 49.9 Å². The zero-order chi connectivity index (χ0) is 20.6. The van der Waals surface area contributed by atoms with E-state index in [1.54, 1.807) is 30.8 Å². The number of anilines is 1. The molecule has 6 nitrogen and oxygen atoms in total. The minimum Gasteiger partial charge on any atom is -0.283 e. The van der Waals surface area contributed by atoms with E-state index in [0.717, 1.165) is 33.0 Å². The van der Waals surface area contributed by atoms with E-state index in [-0.39, 0.29) is 0 Å². The molecule has 148 valence electrons. The van der Waals surface area contributed by atoms with Gasteiger partial charge in [0.15, 0.2) is 0 Å². The van der Waals surface area contributed by atoms with E-state index in [9.17, 15) is 8.42 Å². The molecule has 0 radical (unpaired) electrons. The lowest BCUT2D eigenvalue weighted by Gasteiger charge is -2.13. The largest absolute Gasteiger partial charge is 0.283 e. The number of rotatable bonds is 5. The molecule has 0 fully saturated rings. The van der Waals surface area contributed by atoms with E-state index in [1.165, 1.54) is 0 Å². The van der Waals surface area contributed by atoms with Gasteiger partial charge in [0.05, 0.1) is 11.4 Å². The molecule has 2 aromatic heterocycles. The molecule has 4 aromatic rings. The molecule has 0 bridgehead atoms. The van der Waals surface area contributed by atoms with Crippen LogP contribution in [0, 0.1) is 0 Å². The molecule has 0 aliphatic heterocycles. The molecule has 1 N–H and O–H groups in total. The Hall–Kier alpha value is -3.19. The number of nitrogens with one attached hydrogen (secondary N) is 1. The van der Waals surface area contributed by atoms with Gasteiger partial charge in [-0.05, 0) is 42.5 Å². The van der Waals surface area contributed by atoms with Gasteiger partial charge in [0, 0.05) is 47.8 Å². The Morgan fingerprint density at radius 2 is 1.66 bits per heavy atom. The summed E-state index contributed by atoms with van der Waals surface area (Å²) in [4.78, 5) is 4.35. The molecule has 0 spiro atoms. The van der Waals surface area contributed by atoms with Crippen molar-refractivity contribution in [3.63, 3.8) is 0 Å². The maximum atomic E-state index is 12.2. The van der Waals surface area contributed by atoms with Crippen LogP contribution >= 0.6 is 0 Å². The summed E-state index contributed by atoms with van der Waals surface area (Å²) in [7, 11) is -1.51. The van der Waals surface area contributed by atoms with Crippen molar-refractivity contribution in [2.24, 2.45) is 7.05 Å². The van der Waals surface area contributed by atoms with Gasteiger partial charge in [-0.2, -0.15) is 5.10 Å². The summed E-state index contributed by atoms with van der Waals surface area (Å²) >= 11 is 0. The second-order valence-electron chi connectivity index (χ2n) is 7.30. The lowest BCUT2D eigenvalue weighted by Crippen LogP contribution is -2.22. The van der Waals surface area contributed by atoms with Gasteiger partial charge in [-0.3, -0.25) is 14.4 Å². The molecule has 4 rings (SSSR count). The van der Waals surface area contributed by atoms with Crippen LogP contribution < -0.4 is 4.72 Å². The number of sulfonamides is 1. The van der Waals surface area contributed by atoms with Crippen LogP contribution in [-0.2, 0) is 17.1 Å². The predicted octanol–water partition coefficient (Wildman–Crippen LogP) is 4.45. The number of aryl methyl sites for hydroxylation is 1. The Bertz CT molecular complexity index is 1280. The lowest BCUT2D eigenvalue weighted by molar-refractivity contribution is 0.593. The number of pyridine rings is 1. The monoisotopic (exact) mass is 406 g/mol. The van der Waals surface area contributed by atoms with Crippen molar-refractivity contribution in [2.75, 3.05) is 4.72 Å². The predicted molar refractivity (Wildman–Crippen MR) is 117 cm³/mol. The van der Waals surface area contributed by atoms with E-state index in [2.05, 4.69) is 26.9 Å². The highest BCUT2D eigenvalue weighted by atomic mass is 32.2. The third-order valence-corrected chi connectivity index (χ3v) is 6.64. The number of benzene rings is 2. The average Bonchev–Trinajstić information content (AvgIpc) is 3.13. The molecule has 0 aliphatic rings. The molecule has 29 heavy (non-hydrogen) atoms. The minimum absolute atomic E-state index is 0.505. The van der Waals surface area contributed by atoms with Crippen LogP contribution in [0.5, 0.6) is 0 Å². The summed E-state index contributed by atoms with van der Waals surface area (Å²) in [6.45, 7) is 3.31. The smallest absolute Gasteiger partial charge is 0.235 e. The van der Waals surface area contributed by atoms with Crippen molar-refractivity contribution in [1.29, 1.82) is 0 Å². The summed E-state index contributed by atoms with van der Waals surface area (Å²) in [5.74, 6) is 0. The molecule has 0 atom stereocenters. The maximum Gasteiger partial charge on any atom is 0.235 e. The van der Waals surface area contributed by atoms with Gasteiger partial charge in [-0.15, -0.1) is 0 Å². The van der Waals surface area contributed by atoms with Gasteiger partial charge in [0.25, 0.3) is 0 Å². The van der Waals surface area contributed by atoms with Crippen LogP contribution in [0.3, 0.4) is 0 Å². The van der Waals surface area contributed by atoms with Crippen molar-refractivity contribution in [3.05, 3.63) is 67.3 Å². The fraction of sp³-hybridized carbons (Fsp3) is 0.182. The zero-order valence-corrected chi connectivity index (χ0v) is 17.3. The van der Waals surface area contributed by atoms with Crippen molar-refractivity contribution in [1.82, 2.24) is 14.8 Å². The Balaban J connectivity index is 1.74. The molecule has 0 unspecified atom stereocenters. The van der Waals surface area contributed by atoms with Crippen LogP contribution in [0.1, 0.15) is 13.8 Å². The molecule has 0 amide bonds. The van der Waals surface area contributed by atoms with Crippen LogP contribution in [0.25, 0.3) is 33.0 Å². The van der Waals surface area contributed by atoms with Crippen molar-refractivity contribution >= 4 is 26.5 Å². The number of aromatic nitrogens is 3. The first kappa shape index (κ1) is 19.1. The number of hydrogen-bond donors (Lipinski definition) is 1. The van der Waals surface area contributed by atoms with E-state index in [0.29, 0.717) is 5.69 Å². The first-order valence-electron chi connectivity index (χ1n) is 9.32. The summed E-state index contributed by atoms with van der Waals surface area (Å²) in [6, 6.07) is 13.7. The third kappa shape index (κ3) is 3.86. The normalized spacial score (nSPS) is 11.9. The third-order valence-electron chi connectivity index (χ3n) is 4.88. The van der Waals surface area contributed by atoms with E-state index >= 15 is 0 Å². The Labute approximate surface area is 170 Å². The topological polar surface area (TPSA) is 76.9 Å². The molecule has 0 saturated heterocycles. The highest BCUT2D eigenvalue weighted by molar-refractivity contribution is 7.93. The second-order valence-corrected chi connectivity index (χ2v) is 9.54. The average molecular weight is 407 g/mol. The van der Waals surface area contributed by atoms with E-state index < -0.39 is 15.3 Å². The Morgan fingerprint density at radius 1 is 0.931 bits per heavy atom. The first-order valence-corrected chi connectivity index (χ1v) is 10.9. The van der Waals surface area contributed by atoms with Gasteiger partial charge < -0.3 is 0 Å². The summed E-state index contributed by atoms with van der Waals surface area (Å²) < 4.78 is 28.9. The molecule has 2 aromatic carbocycles. The fourth-order valence-electron chi connectivity index (χ4n) is 3.15. The van der Waals surface area contributed by atoms with Crippen molar-refractivity contribution in [2.45, 2.75) is 19.1 Å². The van der Waals surface area contributed by atoms with Crippen molar-refractivity contribution in [3.8, 4) is 22.3 Å². The highest BCUT2D eigenvalue weighted by Gasteiger charge is 2.16. The van der Waals surface area contributed by atoms with Gasteiger partial charge in [-0.1, -0.05) is 30.3 Å². The standard InChI is InChI=1S/C22H22N4O2S/c1-15(2)29(27,28)25-20-9-8-18-11-23-13-22(21(18)10-20)17-6-4-16(5-7-17)19-12-24-26(3)14-19/h4-15,25H,1-3H3. The quantitative estimate of drug-likeness (QED) is 0.531. The van der Waals surface area contributed by atoms with Crippen LogP contribution in [0.2, 0.25) is 0 Å². The molecule has 7 heteroatoms. The van der Waals surface area contributed by atoms with Crippen molar-refractivity contribution < 1.29 is 8.42 Å². The second kappa shape index (κ2) is 7.33. The molecule has 0 saturated carbocycles. The summed E-state index contributed by atoms with van der Waals surface area (Å²) in [6.07, 6.45) is 7.40. The minimum atomic E-state index is -3.41. The van der Waals surface area contributed by atoms with Gasteiger partial charge in [-0.25, -0.2) is 8.42 Å². The maximum absolute atomic E-state index is 12.2. The molecule has 0 aliphatic carbocycles. The number of nitrogens with zero attached hydrogens (tertiary/aromatic N) is 3. The van der Waals surface area contributed by atoms with Crippen LogP contribution in [0.15, 0.2) is 67.3 Å². The first-order chi connectivity index (χ1) is 13.8. The fourth-order valence-corrected chi connectivity index (χ4v) is 3.84. The Morgan fingerprint density at radius 3 is 2.31 bits per heavy atom. The molecular formula is C22H22N4O2S. The Kier molecular flexibility index (Phi) is 4.84. The van der Waals surface area contributed by atoms with E-state index in [4.69, 9.17) is 0 Å². The summed E-state index contributed by atoms with van der Waals surface area (Å²) in [5, 5.41) is 5.60. The van der Waals surface area contributed by atoms with Crippen LogP contribution in [0.4, 0.5) is 5.69 Å². The van der Waals surface area contributed by atoms with Gasteiger partial charge in [0.2, 0.25) is 10.0 Å². The summed E-state index contributed by atoms with van der Waals surface area (Å²) in [5.41, 5.74) is 4.65. The molecule has 2 heterocycles. The highest BCUT2D eigenvalue weighted by Crippen LogP contribution is 2.31. The number of fused-ring (bicyclic) bond motifs is 1. The zero-order valence-electron chi connectivity index (χ0n) is 16.5.